The van der Waals surface area contributed by atoms with E-state index in [1.165, 1.54) is 46.0 Å². The summed E-state index contributed by atoms with van der Waals surface area (Å²) >= 11 is 1.93. The van der Waals surface area contributed by atoms with Gasteiger partial charge in [-0.15, -0.1) is 11.3 Å². The van der Waals surface area contributed by atoms with Crippen LogP contribution in [0.25, 0.3) is 5.00 Å². The highest BCUT2D eigenvalue weighted by Gasteiger charge is 2.32. The van der Waals surface area contributed by atoms with E-state index in [-0.39, 0.29) is 12.1 Å². The first-order valence-electron chi connectivity index (χ1n) is 10.1. The summed E-state index contributed by atoms with van der Waals surface area (Å²) in [6, 6.07) is 14.4. The summed E-state index contributed by atoms with van der Waals surface area (Å²) < 4.78 is 2.31. The highest BCUT2D eigenvalue weighted by atomic mass is 32.1. The van der Waals surface area contributed by atoms with E-state index in [0.29, 0.717) is 13.1 Å². The van der Waals surface area contributed by atoms with Crippen LogP contribution in [-0.4, -0.2) is 15.5 Å². The number of rotatable bonds is 2. The van der Waals surface area contributed by atoms with Gasteiger partial charge in [-0.1, -0.05) is 30.3 Å². The van der Waals surface area contributed by atoms with Crippen LogP contribution >= 0.6 is 11.3 Å². The van der Waals surface area contributed by atoms with E-state index < -0.39 is 0 Å². The third-order valence-corrected chi connectivity index (χ3v) is 7.36. The van der Waals surface area contributed by atoms with Crippen molar-refractivity contribution in [2.45, 2.75) is 51.7 Å². The summed E-state index contributed by atoms with van der Waals surface area (Å²) in [7, 11) is 0. The third-order valence-electron chi connectivity index (χ3n) is 6.03. The lowest BCUT2D eigenvalue weighted by atomic mass is 9.95. The molecule has 144 valence electrons. The van der Waals surface area contributed by atoms with Crippen molar-refractivity contribution in [1.82, 2.24) is 14.8 Å². The zero-order chi connectivity index (χ0) is 19.1. The fourth-order valence-corrected chi connectivity index (χ4v) is 5.89. The number of aryl methyl sites for hydroxylation is 1. The van der Waals surface area contributed by atoms with Crippen LogP contribution < -0.4 is 5.32 Å². The molecule has 28 heavy (non-hydrogen) atoms. The lowest BCUT2D eigenvalue weighted by Crippen LogP contribution is -2.40. The van der Waals surface area contributed by atoms with E-state index in [1.54, 1.807) is 0 Å². The van der Waals surface area contributed by atoms with Crippen molar-refractivity contribution in [3.63, 3.8) is 0 Å². The molecule has 5 heteroatoms. The van der Waals surface area contributed by atoms with Gasteiger partial charge >= 0.3 is 6.03 Å². The average Bonchev–Trinajstić information content (AvgIpc) is 3.33. The number of carbonyl (C=O) groups excluding carboxylic acids is 1. The molecule has 2 amide bonds. The molecule has 0 spiro atoms. The number of nitrogens with zero attached hydrogens (tertiary/aromatic N) is 2. The predicted octanol–water partition coefficient (Wildman–Crippen LogP) is 5.20. The van der Waals surface area contributed by atoms with Crippen molar-refractivity contribution in [2.75, 3.05) is 0 Å². The molecule has 2 aliphatic rings. The minimum atomic E-state index is 0.00714. The van der Waals surface area contributed by atoms with Crippen molar-refractivity contribution in [3.05, 3.63) is 75.9 Å². The van der Waals surface area contributed by atoms with E-state index in [2.05, 4.69) is 35.1 Å². The monoisotopic (exact) mass is 391 g/mol. The molecule has 2 aromatic heterocycles. The van der Waals surface area contributed by atoms with Gasteiger partial charge in [-0.3, -0.25) is 0 Å². The van der Waals surface area contributed by atoms with E-state index >= 15 is 0 Å². The molecule has 4 nitrogen and oxygen atoms in total. The fourth-order valence-electron chi connectivity index (χ4n) is 4.48. The zero-order valence-corrected chi connectivity index (χ0v) is 17.0. The van der Waals surface area contributed by atoms with E-state index in [4.69, 9.17) is 0 Å². The first-order valence-corrected chi connectivity index (χ1v) is 10.9. The van der Waals surface area contributed by atoms with Crippen molar-refractivity contribution in [3.8, 4) is 5.00 Å². The third kappa shape index (κ3) is 2.94. The van der Waals surface area contributed by atoms with E-state index in [1.807, 2.05) is 46.6 Å². The van der Waals surface area contributed by atoms with Gasteiger partial charge in [0, 0.05) is 28.9 Å². The number of carbonyl (C=O) groups is 1. The maximum absolute atomic E-state index is 13.2. The molecule has 3 heterocycles. The van der Waals surface area contributed by atoms with Gasteiger partial charge in [0.25, 0.3) is 0 Å². The molecule has 1 aliphatic heterocycles. The zero-order valence-electron chi connectivity index (χ0n) is 16.1. The van der Waals surface area contributed by atoms with E-state index in [0.717, 1.165) is 12.0 Å². The average molecular weight is 392 g/mol. The minimum absolute atomic E-state index is 0.00714. The highest BCUT2D eigenvalue weighted by Crippen LogP contribution is 2.42. The van der Waals surface area contributed by atoms with Crippen LogP contribution in [0.4, 0.5) is 4.79 Å². The molecule has 3 aromatic rings. The topological polar surface area (TPSA) is 37.3 Å². The SMILES string of the molecule is CC1c2cccn2-c2sc3c(c2CN1C(=O)NCc1ccccc1)CCCC3. The maximum atomic E-state index is 13.2. The smallest absolute Gasteiger partial charge is 0.318 e. The second kappa shape index (κ2) is 7.13. The molecule has 0 radical (unpaired) electrons. The van der Waals surface area contributed by atoms with Gasteiger partial charge in [0.15, 0.2) is 0 Å². The number of thiophene rings is 1. The molecule has 1 aliphatic carbocycles. The molecule has 0 bridgehead atoms. The molecule has 1 N–H and O–H groups in total. The van der Waals surface area contributed by atoms with Gasteiger partial charge in [0.2, 0.25) is 0 Å². The molecular formula is C23H25N3OS. The molecule has 0 saturated heterocycles. The van der Waals surface area contributed by atoms with Crippen LogP contribution in [0.5, 0.6) is 0 Å². The van der Waals surface area contributed by atoms with Gasteiger partial charge in [-0.25, -0.2) is 4.79 Å². The van der Waals surface area contributed by atoms with Gasteiger partial charge < -0.3 is 14.8 Å². The number of benzene rings is 1. The number of amides is 2. The molecule has 1 aromatic carbocycles. The number of hydrogen-bond acceptors (Lipinski definition) is 2. The van der Waals surface area contributed by atoms with Crippen LogP contribution in [0.15, 0.2) is 48.7 Å². The van der Waals surface area contributed by atoms with Crippen LogP contribution in [0, 0.1) is 0 Å². The Morgan fingerprint density at radius 3 is 2.79 bits per heavy atom. The molecule has 1 unspecified atom stereocenters. The number of fused-ring (bicyclic) bond motifs is 5. The Morgan fingerprint density at radius 2 is 1.93 bits per heavy atom. The molecule has 0 fully saturated rings. The summed E-state index contributed by atoms with van der Waals surface area (Å²) in [4.78, 5) is 16.7. The first kappa shape index (κ1) is 17.6. The number of nitrogens with one attached hydrogen (secondary N) is 1. The molecule has 1 atom stereocenters. The van der Waals surface area contributed by atoms with Crippen molar-refractivity contribution < 1.29 is 4.79 Å². The van der Waals surface area contributed by atoms with E-state index in [9.17, 15) is 4.79 Å². The summed E-state index contributed by atoms with van der Waals surface area (Å²) in [5.41, 5.74) is 5.17. The van der Waals surface area contributed by atoms with Gasteiger partial charge in [-0.05, 0) is 55.9 Å². The van der Waals surface area contributed by atoms with Crippen LogP contribution in [0.3, 0.4) is 0 Å². The number of hydrogen-bond donors (Lipinski definition) is 1. The molecule has 0 saturated carbocycles. The first-order chi connectivity index (χ1) is 13.7. The summed E-state index contributed by atoms with van der Waals surface area (Å²) in [6.07, 6.45) is 7.01. The molecule has 5 rings (SSSR count). The molecular weight excluding hydrogens is 366 g/mol. The Kier molecular flexibility index (Phi) is 4.47. The van der Waals surface area contributed by atoms with Crippen LogP contribution in [0.1, 0.15) is 53.1 Å². The van der Waals surface area contributed by atoms with Gasteiger partial charge in [0.05, 0.1) is 12.6 Å². The Labute approximate surface area is 169 Å². The normalized spacial score (nSPS) is 18.0. The largest absolute Gasteiger partial charge is 0.334 e. The second-order valence-electron chi connectivity index (χ2n) is 7.75. The van der Waals surface area contributed by atoms with Crippen LogP contribution in [0.2, 0.25) is 0 Å². The fraction of sp³-hybridized carbons (Fsp3) is 0.348. The number of aromatic nitrogens is 1. The maximum Gasteiger partial charge on any atom is 0.318 e. The summed E-state index contributed by atoms with van der Waals surface area (Å²) in [5, 5.41) is 4.45. The van der Waals surface area contributed by atoms with Crippen molar-refractivity contribution in [2.24, 2.45) is 0 Å². The Balaban J connectivity index is 1.48. The summed E-state index contributed by atoms with van der Waals surface area (Å²) in [5.74, 6) is 0. The quantitative estimate of drug-likeness (QED) is 0.640. The van der Waals surface area contributed by atoms with Crippen molar-refractivity contribution >= 4 is 17.4 Å². The second-order valence-corrected chi connectivity index (χ2v) is 8.83. The lowest BCUT2D eigenvalue weighted by molar-refractivity contribution is 0.174. The Hall–Kier alpha value is -2.53. The highest BCUT2D eigenvalue weighted by molar-refractivity contribution is 7.15. The van der Waals surface area contributed by atoms with Gasteiger partial charge in [-0.2, -0.15) is 0 Å². The predicted molar refractivity (Wildman–Crippen MR) is 113 cm³/mol. The number of urea groups is 1. The standard InChI is InChI=1S/C23H25N3OS/c1-16-20-11-7-13-25(20)22-19(18-10-5-6-12-21(18)28-22)15-26(16)23(27)24-14-17-8-3-2-4-9-17/h2-4,7-9,11,13,16H,5-6,10,12,14-15H2,1H3,(H,24,27). The minimum Gasteiger partial charge on any atom is -0.334 e. The van der Waals surface area contributed by atoms with Crippen molar-refractivity contribution in [1.29, 1.82) is 0 Å². The van der Waals surface area contributed by atoms with Crippen LogP contribution in [-0.2, 0) is 25.9 Å². The Bertz CT molecular complexity index is 1000. The summed E-state index contributed by atoms with van der Waals surface area (Å²) in [6.45, 7) is 3.38. The van der Waals surface area contributed by atoms with Gasteiger partial charge in [0.1, 0.15) is 5.00 Å². The Morgan fingerprint density at radius 1 is 1.11 bits per heavy atom. The lowest BCUT2D eigenvalue weighted by Gasteiger charge is -2.28.